The summed E-state index contributed by atoms with van der Waals surface area (Å²) in [5, 5.41) is 9.24. The minimum atomic E-state index is -1.26. The Morgan fingerprint density at radius 2 is 2.31 bits per heavy atom. The first-order valence-electron chi connectivity index (χ1n) is 5.13. The molecule has 0 spiro atoms. The molecule has 1 unspecified atom stereocenters. The van der Waals surface area contributed by atoms with Gasteiger partial charge in [0.15, 0.2) is 5.60 Å². The van der Waals surface area contributed by atoms with Crippen LogP contribution >= 0.6 is 0 Å². The fourth-order valence-electron chi connectivity index (χ4n) is 2.07. The summed E-state index contributed by atoms with van der Waals surface area (Å²) in [6, 6.07) is 5.41. The maximum absolute atomic E-state index is 11.3. The van der Waals surface area contributed by atoms with Crippen LogP contribution in [-0.2, 0) is 21.6 Å². The third-order valence-corrected chi connectivity index (χ3v) is 3.02. The quantitative estimate of drug-likeness (QED) is 0.825. The number of fused-ring (bicyclic) bond motifs is 1. The van der Waals surface area contributed by atoms with Crippen LogP contribution in [-0.4, -0.2) is 24.8 Å². The molecule has 0 amide bonds. The maximum atomic E-state index is 11.3. The van der Waals surface area contributed by atoms with Gasteiger partial charge in [-0.25, -0.2) is 4.79 Å². The van der Waals surface area contributed by atoms with Gasteiger partial charge in [-0.1, -0.05) is 12.1 Å². The molecule has 0 fully saturated rings. The van der Waals surface area contributed by atoms with Crippen LogP contribution in [0, 0.1) is 0 Å². The molecule has 1 atom stereocenters. The van der Waals surface area contributed by atoms with Crippen LogP contribution in [0.2, 0.25) is 0 Å². The predicted octanol–water partition coefficient (Wildman–Crippen LogP) is 1.57. The van der Waals surface area contributed by atoms with Crippen LogP contribution in [0.25, 0.3) is 0 Å². The normalized spacial score (nSPS) is 23.6. The molecule has 16 heavy (non-hydrogen) atoms. The van der Waals surface area contributed by atoms with Gasteiger partial charge in [-0.2, -0.15) is 0 Å². The fourth-order valence-corrected chi connectivity index (χ4v) is 2.07. The van der Waals surface area contributed by atoms with Gasteiger partial charge in [-0.3, -0.25) is 0 Å². The first-order chi connectivity index (χ1) is 7.59. The second kappa shape index (κ2) is 3.79. The highest BCUT2D eigenvalue weighted by Crippen LogP contribution is 2.37. The number of benzene rings is 1. The second-order valence-corrected chi connectivity index (χ2v) is 3.92. The number of carboxylic acid groups (broad SMARTS) is 1. The molecule has 4 nitrogen and oxygen atoms in total. The summed E-state index contributed by atoms with van der Waals surface area (Å²) in [4.78, 5) is 11.3. The van der Waals surface area contributed by atoms with Gasteiger partial charge in [0.1, 0.15) is 5.75 Å². The van der Waals surface area contributed by atoms with E-state index in [4.69, 9.17) is 9.47 Å². The summed E-state index contributed by atoms with van der Waals surface area (Å²) in [7, 11) is 1.59. The Balaban J connectivity index is 2.59. The molecule has 4 heteroatoms. The van der Waals surface area contributed by atoms with Gasteiger partial charge in [0.05, 0.1) is 13.7 Å². The number of carboxylic acids is 1. The van der Waals surface area contributed by atoms with E-state index < -0.39 is 11.6 Å². The lowest BCUT2D eigenvalue weighted by Crippen LogP contribution is -2.40. The molecular weight excluding hydrogens is 208 g/mol. The Morgan fingerprint density at radius 1 is 1.56 bits per heavy atom. The number of ether oxygens (including phenoxy) is 2. The van der Waals surface area contributed by atoms with Crippen LogP contribution in [0.5, 0.6) is 5.75 Å². The van der Waals surface area contributed by atoms with Crippen molar-refractivity contribution in [3.05, 3.63) is 29.3 Å². The van der Waals surface area contributed by atoms with Gasteiger partial charge < -0.3 is 14.6 Å². The van der Waals surface area contributed by atoms with E-state index in [-0.39, 0.29) is 0 Å². The minimum Gasteiger partial charge on any atom is -0.496 e. The summed E-state index contributed by atoms with van der Waals surface area (Å²) in [6.07, 6.45) is 0.683. The van der Waals surface area contributed by atoms with Crippen molar-refractivity contribution in [2.75, 3.05) is 13.7 Å². The summed E-state index contributed by atoms with van der Waals surface area (Å²) < 4.78 is 10.6. The van der Waals surface area contributed by atoms with E-state index in [9.17, 15) is 9.90 Å². The molecule has 1 aromatic rings. The first-order valence-corrected chi connectivity index (χ1v) is 5.13. The highest BCUT2D eigenvalue weighted by atomic mass is 16.5. The lowest BCUT2D eigenvalue weighted by Gasteiger charge is -2.33. The zero-order valence-corrected chi connectivity index (χ0v) is 9.32. The van der Waals surface area contributed by atoms with Gasteiger partial charge >= 0.3 is 5.97 Å². The van der Waals surface area contributed by atoms with E-state index in [0.717, 1.165) is 11.3 Å². The van der Waals surface area contributed by atoms with E-state index in [2.05, 4.69) is 0 Å². The highest BCUT2D eigenvalue weighted by molar-refractivity contribution is 5.80. The van der Waals surface area contributed by atoms with Gasteiger partial charge in [0, 0.05) is 11.1 Å². The second-order valence-electron chi connectivity index (χ2n) is 3.92. The van der Waals surface area contributed by atoms with Crippen molar-refractivity contribution in [3.8, 4) is 5.75 Å². The maximum Gasteiger partial charge on any atom is 0.340 e. The molecule has 1 aromatic carbocycles. The van der Waals surface area contributed by atoms with Crippen LogP contribution in [0.3, 0.4) is 0 Å². The van der Waals surface area contributed by atoms with Crippen molar-refractivity contribution in [1.82, 2.24) is 0 Å². The highest BCUT2D eigenvalue weighted by Gasteiger charge is 2.41. The number of methoxy groups -OCH3 is 1. The standard InChI is InChI=1S/C12H14O4/c1-12(11(13)14)9-4-3-5-10(15-2)8(9)6-7-16-12/h3-5H,6-7H2,1-2H3,(H,13,14). The van der Waals surface area contributed by atoms with E-state index in [1.807, 2.05) is 6.07 Å². The Labute approximate surface area is 93.8 Å². The van der Waals surface area contributed by atoms with Gasteiger partial charge in [0.25, 0.3) is 0 Å². The van der Waals surface area contributed by atoms with E-state index in [1.165, 1.54) is 0 Å². The molecular formula is C12H14O4. The molecule has 1 heterocycles. The van der Waals surface area contributed by atoms with Crippen LogP contribution in [0.15, 0.2) is 18.2 Å². The molecule has 86 valence electrons. The Hall–Kier alpha value is -1.55. The van der Waals surface area contributed by atoms with Crippen LogP contribution < -0.4 is 4.74 Å². The average molecular weight is 222 g/mol. The molecule has 0 aliphatic carbocycles. The third-order valence-electron chi connectivity index (χ3n) is 3.02. The number of carbonyl (C=O) groups is 1. The van der Waals surface area contributed by atoms with E-state index in [1.54, 1.807) is 26.2 Å². The Bertz CT molecular complexity index is 427. The zero-order valence-electron chi connectivity index (χ0n) is 9.32. The number of hydrogen-bond acceptors (Lipinski definition) is 3. The lowest BCUT2D eigenvalue weighted by atomic mass is 9.87. The number of aliphatic carboxylic acids is 1. The van der Waals surface area contributed by atoms with Crippen LogP contribution in [0.4, 0.5) is 0 Å². The summed E-state index contributed by atoms with van der Waals surface area (Å²) in [6.45, 7) is 1.98. The van der Waals surface area contributed by atoms with E-state index in [0.29, 0.717) is 18.6 Å². The molecule has 0 bridgehead atoms. The first kappa shape index (κ1) is 11.0. The van der Waals surface area contributed by atoms with Gasteiger partial charge in [0.2, 0.25) is 0 Å². The lowest BCUT2D eigenvalue weighted by molar-refractivity contribution is -0.166. The predicted molar refractivity (Wildman–Crippen MR) is 57.6 cm³/mol. The molecule has 1 N–H and O–H groups in total. The van der Waals surface area contributed by atoms with Crippen molar-refractivity contribution in [3.63, 3.8) is 0 Å². The zero-order chi connectivity index (χ0) is 11.8. The SMILES string of the molecule is COc1cccc2c1CCOC2(C)C(=O)O. The molecule has 0 radical (unpaired) electrons. The average Bonchev–Trinajstić information content (AvgIpc) is 2.28. The fraction of sp³-hybridized carbons (Fsp3) is 0.417. The minimum absolute atomic E-state index is 0.399. The molecule has 1 aliphatic rings. The topological polar surface area (TPSA) is 55.8 Å². The molecule has 0 aromatic heterocycles. The van der Waals surface area contributed by atoms with Gasteiger partial charge in [-0.05, 0) is 19.4 Å². The van der Waals surface area contributed by atoms with Crippen molar-refractivity contribution >= 4 is 5.97 Å². The number of hydrogen-bond donors (Lipinski definition) is 1. The van der Waals surface area contributed by atoms with E-state index >= 15 is 0 Å². The van der Waals surface area contributed by atoms with Crippen molar-refractivity contribution in [2.24, 2.45) is 0 Å². The van der Waals surface area contributed by atoms with Crippen molar-refractivity contribution in [2.45, 2.75) is 18.9 Å². The molecule has 2 rings (SSSR count). The smallest absolute Gasteiger partial charge is 0.340 e. The molecule has 0 saturated heterocycles. The van der Waals surface area contributed by atoms with Crippen LogP contribution in [0.1, 0.15) is 18.1 Å². The monoisotopic (exact) mass is 222 g/mol. The molecule has 0 saturated carbocycles. The largest absolute Gasteiger partial charge is 0.496 e. The van der Waals surface area contributed by atoms with Crippen molar-refractivity contribution in [1.29, 1.82) is 0 Å². The van der Waals surface area contributed by atoms with Crippen molar-refractivity contribution < 1.29 is 19.4 Å². The summed E-state index contributed by atoms with van der Waals surface area (Å²) in [5.41, 5.74) is 0.356. The van der Waals surface area contributed by atoms with Gasteiger partial charge in [-0.15, -0.1) is 0 Å². The third kappa shape index (κ3) is 1.46. The Kier molecular flexibility index (Phi) is 2.59. The number of rotatable bonds is 2. The summed E-state index contributed by atoms with van der Waals surface area (Å²) in [5.74, 6) is -0.241. The molecule has 1 aliphatic heterocycles. The summed E-state index contributed by atoms with van der Waals surface area (Å²) >= 11 is 0. The Morgan fingerprint density at radius 3 is 2.94 bits per heavy atom.